The average Bonchev–Trinajstić information content (AvgIpc) is 2.02. The Bertz CT molecular complexity index is 215. The largest absolute Gasteiger partial charge is 0.330 e. The van der Waals surface area contributed by atoms with Crippen LogP contribution >= 0.6 is 0 Å². The molecule has 0 saturated heterocycles. The summed E-state index contributed by atoms with van der Waals surface area (Å²) in [7, 11) is 0. The molecule has 13 heavy (non-hydrogen) atoms. The Hall–Kier alpha value is -1.65. The van der Waals surface area contributed by atoms with Crippen molar-refractivity contribution in [1.29, 1.82) is 0 Å². The van der Waals surface area contributed by atoms with Crippen LogP contribution in [0.2, 0.25) is 0 Å². The number of hydrogen-bond donors (Lipinski definition) is 0. The molecule has 0 radical (unpaired) electrons. The minimum absolute atomic E-state index is 0.304. The van der Waals surface area contributed by atoms with E-state index in [4.69, 9.17) is 0 Å². The lowest BCUT2D eigenvalue weighted by Crippen LogP contribution is -2.35. The molecular weight excluding hydrogens is 172 g/mol. The SMILES string of the molecule is C=CCN(CC=C)C(=O)C[N+](=O)[O-]. The summed E-state index contributed by atoms with van der Waals surface area (Å²) >= 11 is 0. The highest BCUT2D eigenvalue weighted by atomic mass is 16.6. The Balaban J connectivity index is 4.17. The highest BCUT2D eigenvalue weighted by Crippen LogP contribution is 1.91. The molecule has 0 N–H and O–H groups in total. The molecule has 0 fully saturated rings. The lowest BCUT2D eigenvalue weighted by Gasteiger charge is -2.16. The van der Waals surface area contributed by atoms with Crippen LogP contribution in [-0.2, 0) is 4.79 Å². The van der Waals surface area contributed by atoms with E-state index >= 15 is 0 Å². The van der Waals surface area contributed by atoms with Gasteiger partial charge in [-0.25, -0.2) is 0 Å². The van der Waals surface area contributed by atoms with Crippen LogP contribution < -0.4 is 0 Å². The maximum Gasteiger partial charge on any atom is 0.294 e. The standard InChI is InChI=1S/C8H12N2O3/c1-3-5-9(6-4-2)8(11)7-10(12)13/h3-4H,1-2,5-7H2. The molecule has 72 valence electrons. The van der Waals surface area contributed by atoms with Gasteiger partial charge in [-0.2, -0.15) is 0 Å². The molecule has 1 amide bonds. The second-order valence-corrected chi connectivity index (χ2v) is 2.37. The molecule has 0 rings (SSSR count). The van der Waals surface area contributed by atoms with Crippen molar-refractivity contribution in [3.8, 4) is 0 Å². The van der Waals surface area contributed by atoms with Gasteiger partial charge in [-0.1, -0.05) is 12.2 Å². The molecule has 0 aromatic heterocycles. The quantitative estimate of drug-likeness (QED) is 0.342. The molecule has 0 aromatic rings. The monoisotopic (exact) mass is 184 g/mol. The zero-order valence-corrected chi connectivity index (χ0v) is 7.31. The van der Waals surface area contributed by atoms with E-state index < -0.39 is 17.4 Å². The molecular formula is C8H12N2O3. The molecule has 5 nitrogen and oxygen atoms in total. The van der Waals surface area contributed by atoms with Gasteiger partial charge in [0.2, 0.25) is 0 Å². The van der Waals surface area contributed by atoms with E-state index in [9.17, 15) is 14.9 Å². The van der Waals surface area contributed by atoms with Gasteiger partial charge in [0.25, 0.3) is 12.5 Å². The zero-order chi connectivity index (χ0) is 10.3. The van der Waals surface area contributed by atoms with Crippen LogP contribution in [-0.4, -0.2) is 35.4 Å². The Kier molecular flexibility index (Phi) is 5.18. The molecule has 0 unspecified atom stereocenters. The summed E-state index contributed by atoms with van der Waals surface area (Å²) in [5.41, 5.74) is 0. The van der Waals surface area contributed by atoms with E-state index in [2.05, 4.69) is 13.2 Å². The fraction of sp³-hybridized carbons (Fsp3) is 0.375. The van der Waals surface area contributed by atoms with Gasteiger partial charge in [0, 0.05) is 18.0 Å². The average molecular weight is 184 g/mol. The number of rotatable bonds is 6. The first kappa shape index (κ1) is 11.4. The summed E-state index contributed by atoms with van der Waals surface area (Å²) in [5.74, 6) is -0.523. The van der Waals surface area contributed by atoms with Crippen LogP contribution in [0.5, 0.6) is 0 Å². The van der Waals surface area contributed by atoms with Crippen LogP contribution in [0, 0.1) is 10.1 Å². The molecule has 0 aliphatic heterocycles. The Morgan fingerprint density at radius 2 is 1.85 bits per heavy atom. The third-order valence-corrected chi connectivity index (χ3v) is 1.32. The summed E-state index contributed by atoms with van der Waals surface area (Å²) in [6.45, 7) is 6.82. The van der Waals surface area contributed by atoms with Crippen molar-refractivity contribution in [2.45, 2.75) is 0 Å². The van der Waals surface area contributed by atoms with E-state index in [1.807, 2.05) is 0 Å². The molecule has 0 bridgehead atoms. The summed E-state index contributed by atoms with van der Waals surface area (Å²) < 4.78 is 0. The van der Waals surface area contributed by atoms with E-state index in [1.54, 1.807) is 0 Å². The third kappa shape index (κ3) is 4.73. The van der Waals surface area contributed by atoms with Gasteiger partial charge in [-0.3, -0.25) is 14.9 Å². The smallest absolute Gasteiger partial charge is 0.294 e. The molecule has 0 aliphatic carbocycles. The van der Waals surface area contributed by atoms with Crippen LogP contribution in [0.15, 0.2) is 25.3 Å². The fourth-order valence-corrected chi connectivity index (χ4v) is 0.800. The van der Waals surface area contributed by atoms with Crippen molar-refractivity contribution >= 4 is 5.91 Å². The molecule has 0 heterocycles. The van der Waals surface area contributed by atoms with Gasteiger partial charge in [0.05, 0.1) is 0 Å². The van der Waals surface area contributed by atoms with E-state index in [1.165, 1.54) is 17.1 Å². The zero-order valence-electron chi connectivity index (χ0n) is 7.31. The second-order valence-electron chi connectivity index (χ2n) is 2.37. The van der Waals surface area contributed by atoms with Gasteiger partial charge in [0.1, 0.15) is 0 Å². The Morgan fingerprint density at radius 3 is 2.15 bits per heavy atom. The van der Waals surface area contributed by atoms with Gasteiger partial charge in [0.15, 0.2) is 0 Å². The Morgan fingerprint density at radius 1 is 1.38 bits per heavy atom. The normalized spacial score (nSPS) is 8.92. The molecule has 0 saturated carbocycles. The van der Waals surface area contributed by atoms with Crippen molar-refractivity contribution in [3.63, 3.8) is 0 Å². The predicted octanol–water partition coefficient (Wildman–Crippen LogP) is 0.464. The number of nitrogens with zero attached hydrogens (tertiary/aromatic N) is 2. The van der Waals surface area contributed by atoms with Gasteiger partial charge in [-0.05, 0) is 0 Å². The van der Waals surface area contributed by atoms with Crippen molar-refractivity contribution in [3.05, 3.63) is 35.4 Å². The first-order valence-electron chi connectivity index (χ1n) is 3.73. The maximum atomic E-state index is 11.1. The van der Waals surface area contributed by atoms with Crippen molar-refractivity contribution in [2.75, 3.05) is 19.6 Å². The van der Waals surface area contributed by atoms with Crippen molar-refractivity contribution < 1.29 is 9.72 Å². The molecule has 0 spiro atoms. The van der Waals surface area contributed by atoms with Gasteiger partial charge >= 0.3 is 0 Å². The minimum Gasteiger partial charge on any atom is -0.330 e. The van der Waals surface area contributed by atoms with Crippen molar-refractivity contribution in [1.82, 2.24) is 4.90 Å². The maximum absolute atomic E-state index is 11.1. The van der Waals surface area contributed by atoms with Gasteiger partial charge in [-0.15, -0.1) is 13.2 Å². The highest BCUT2D eigenvalue weighted by molar-refractivity contribution is 5.77. The first-order valence-corrected chi connectivity index (χ1v) is 3.73. The number of amides is 1. The molecule has 0 aliphatic rings. The number of carbonyl (C=O) groups excluding carboxylic acids is 1. The van der Waals surface area contributed by atoms with Gasteiger partial charge < -0.3 is 4.90 Å². The van der Waals surface area contributed by atoms with Crippen LogP contribution in [0.25, 0.3) is 0 Å². The van der Waals surface area contributed by atoms with E-state index in [0.717, 1.165) is 0 Å². The first-order chi connectivity index (χ1) is 6.11. The predicted molar refractivity (Wildman–Crippen MR) is 48.8 cm³/mol. The van der Waals surface area contributed by atoms with Crippen LogP contribution in [0.3, 0.4) is 0 Å². The number of carbonyl (C=O) groups is 1. The Labute approximate surface area is 76.5 Å². The summed E-state index contributed by atoms with van der Waals surface area (Å²) in [5, 5.41) is 10.0. The van der Waals surface area contributed by atoms with Crippen LogP contribution in [0.4, 0.5) is 0 Å². The van der Waals surface area contributed by atoms with E-state index in [-0.39, 0.29) is 0 Å². The van der Waals surface area contributed by atoms with Crippen LogP contribution in [0.1, 0.15) is 0 Å². The summed E-state index contributed by atoms with van der Waals surface area (Å²) in [4.78, 5) is 21.8. The second kappa shape index (κ2) is 5.93. The minimum atomic E-state index is -0.679. The molecule has 0 aromatic carbocycles. The topological polar surface area (TPSA) is 63.5 Å². The van der Waals surface area contributed by atoms with Crippen molar-refractivity contribution in [2.24, 2.45) is 0 Å². The van der Waals surface area contributed by atoms with E-state index in [0.29, 0.717) is 13.1 Å². The summed E-state index contributed by atoms with van der Waals surface area (Å²) in [6.07, 6.45) is 3.03. The molecule has 0 atom stereocenters. The summed E-state index contributed by atoms with van der Waals surface area (Å²) in [6, 6.07) is 0. The number of hydrogen-bond acceptors (Lipinski definition) is 3. The third-order valence-electron chi connectivity index (χ3n) is 1.32. The fourth-order valence-electron chi connectivity index (χ4n) is 0.800. The molecule has 5 heteroatoms. The lowest BCUT2D eigenvalue weighted by molar-refractivity contribution is -0.468. The lowest BCUT2D eigenvalue weighted by atomic mass is 10.4. The number of nitro groups is 1. The highest BCUT2D eigenvalue weighted by Gasteiger charge is 2.15.